The van der Waals surface area contributed by atoms with Gasteiger partial charge in [0.2, 0.25) is 0 Å². The molecule has 0 aliphatic carbocycles. The number of aryl methyl sites for hydroxylation is 1. The number of rotatable bonds is 7. The molecule has 1 heterocycles. The minimum absolute atomic E-state index is 0.0617. The number of allylic oxidation sites excluding steroid dienone is 1. The largest absolute Gasteiger partial charge is 0.497 e. The van der Waals surface area contributed by atoms with Crippen LogP contribution in [0.15, 0.2) is 91.1 Å². The van der Waals surface area contributed by atoms with Crippen LogP contribution in [0.2, 0.25) is 0 Å². The van der Waals surface area contributed by atoms with Crippen LogP contribution in [-0.2, 0) is 6.54 Å². The van der Waals surface area contributed by atoms with Crippen LogP contribution in [-0.4, -0.2) is 22.7 Å². The Labute approximate surface area is 182 Å². The molecule has 4 aromatic rings. The van der Waals surface area contributed by atoms with Gasteiger partial charge in [0.1, 0.15) is 5.75 Å². The molecule has 0 aliphatic rings. The van der Waals surface area contributed by atoms with Crippen molar-refractivity contribution in [2.45, 2.75) is 13.5 Å². The third-order valence-corrected chi connectivity index (χ3v) is 5.09. The molecule has 1 aromatic heterocycles. The predicted octanol–water partition coefficient (Wildman–Crippen LogP) is 5.81. The van der Waals surface area contributed by atoms with Crippen molar-refractivity contribution >= 4 is 11.9 Å². The van der Waals surface area contributed by atoms with E-state index in [1.165, 1.54) is 11.1 Å². The lowest BCUT2D eigenvalue weighted by atomic mass is 10.0. The molecule has 0 amide bonds. The Hall–Kier alpha value is -3.92. The van der Waals surface area contributed by atoms with Crippen molar-refractivity contribution in [2.75, 3.05) is 7.11 Å². The summed E-state index contributed by atoms with van der Waals surface area (Å²) < 4.78 is 7.08. The summed E-state index contributed by atoms with van der Waals surface area (Å²) >= 11 is 0. The van der Waals surface area contributed by atoms with Gasteiger partial charge in [-0.1, -0.05) is 60.2 Å². The van der Waals surface area contributed by atoms with Crippen molar-refractivity contribution in [3.8, 4) is 17.0 Å². The quantitative estimate of drug-likeness (QED) is 0.286. The maximum absolute atomic E-state index is 12.7. The molecule has 0 unspecified atom stereocenters. The molecule has 0 N–H and O–H groups in total. The number of ketones is 1. The Kier molecular flexibility index (Phi) is 6.08. The second-order valence-electron chi connectivity index (χ2n) is 7.41. The lowest BCUT2D eigenvalue weighted by Crippen LogP contribution is -1.99. The smallest absolute Gasteiger partial charge is 0.185 e. The van der Waals surface area contributed by atoms with E-state index in [-0.39, 0.29) is 5.78 Å². The van der Waals surface area contributed by atoms with Crippen molar-refractivity contribution in [3.05, 3.63) is 113 Å². The monoisotopic (exact) mass is 408 g/mol. The predicted molar refractivity (Wildman–Crippen MR) is 124 cm³/mol. The highest BCUT2D eigenvalue weighted by molar-refractivity contribution is 6.07. The summed E-state index contributed by atoms with van der Waals surface area (Å²) in [5.41, 5.74) is 5.76. The maximum atomic E-state index is 12.7. The van der Waals surface area contributed by atoms with Crippen molar-refractivity contribution in [1.82, 2.24) is 9.78 Å². The van der Waals surface area contributed by atoms with E-state index in [4.69, 9.17) is 9.84 Å². The van der Waals surface area contributed by atoms with Crippen LogP contribution in [0.1, 0.15) is 27.0 Å². The summed E-state index contributed by atoms with van der Waals surface area (Å²) in [7, 11) is 1.61. The Morgan fingerprint density at radius 3 is 2.35 bits per heavy atom. The molecule has 0 fully saturated rings. The van der Waals surface area contributed by atoms with Gasteiger partial charge in [-0.25, -0.2) is 0 Å². The van der Waals surface area contributed by atoms with Gasteiger partial charge in [-0.05, 0) is 48.9 Å². The molecule has 0 saturated carbocycles. The molecule has 4 nitrogen and oxygen atoms in total. The van der Waals surface area contributed by atoms with Gasteiger partial charge in [0.05, 0.1) is 19.3 Å². The SMILES string of the molecule is COc1ccc(C(=O)/C=C/c2cn(Cc3ccccc3)nc2-c2ccc(C)cc2)cc1. The molecule has 0 bridgehead atoms. The van der Waals surface area contributed by atoms with Gasteiger partial charge in [0.25, 0.3) is 0 Å². The number of methoxy groups -OCH3 is 1. The minimum atomic E-state index is -0.0617. The average molecular weight is 409 g/mol. The number of benzene rings is 3. The van der Waals surface area contributed by atoms with Crippen LogP contribution >= 0.6 is 0 Å². The summed E-state index contributed by atoms with van der Waals surface area (Å²) in [5.74, 6) is 0.665. The van der Waals surface area contributed by atoms with Crippen molar-refractivity contribution < 1.29 is 9.53 Å². The molecular weight excluding hydrogens is 384 g/mol. The van der Waals surface area contributed by atoms with Gasteiger partial charge >= 0.3 is 0 Å². The Bertz CT molecular complexity index is 1190. The van der Waals surface area contributed by atoms with Crippen LogP contribution in [0, 0.1) is 6.92 Å². The summed E-state index contributed by atoms with van der Waals surface area (Å²) in [6, 6.07) is 25.6. The van der Waals surface area contributed by atoms with E-state index in [2.05, 4.69) is 43.3 Å². The third kappa shape index (κ3) is 4.98. The normalized spacial score (nSPS) is 11.0. The number of aromatic nitrogens is 2. The topological polar surface area (TPSA) is 44.1 Å². The van der Waals surface area contributed by atoms with E-state index >= 15 is 0 Å². The summed E-state index contributed by atoms with van der Waals surface area (Å²) in [5, 5.41) is 4.82. The van der Waals surface area contributed by atoms with Gasteiger partial charge in [-0.15, -0.1) is 0 Å². The first kappa shape index (κ1) is 20.4. The molecule has 0 spiro atoms. The van der Waals surface area contributed by atoms with E-state index < -0.39 is 0 Å². The van der Waals surface area contributed by atoms with Crippen molar-refractivity contribution in [1.29, 1.82) is 0 Å². The van der Waals surface area contributed by atoms with E-state index in [0.717, 1.165) is 22.6 Å². The molecular formula is C27H24N2O2. The molecule has 0 radical (unpaired) electrons. The fraction of sp³-hybridized carbons (Fsp3) is 0.111. The van der Waals surface area contributed by atoms with Gasteiger partial charge in [0, 0.05) is 22.9 Å². The fourth-order valence-electron chi connectivity index (χ4n) is 3.36. The molecule has 0 atom stereocenters. The van der Waals surface area contributed by atoms with E-state index in [9.17, 15) is 4.79 Å². The van der Waals surface area contributed by atoms with Gasteiger partial charge in [-0.2, -0.15) is 5.10 Å². The zero-order valence-electron chi connectivity index (χ0n) is 17.7. The summed E-state index contributed by atoms with van der Waals surface area (Å²) in [6.45, 7) is 2.73. The molecule has 3 aromatic carbocycles. The molecule has 4 heteroatoms. The zero-order chi connectivity index (χ0) is 21.6. The van der Waals surface area contributed by atoms with Crippen LogP contribution in [0.25, 0.3) is 17.3 Å². The van der Waals surface area contributed by atoms with E-state index in [1.54, 1.807) is 37.5 Å². The van der Waals surface area contributed by atoms with Crippen LogP contribution in [0.3, 0.4) is 0 Å². The number of ether oxygens (including phenoxy) is 1. The first-order valence-electron chi connectivity index (χ1n) is 10.2. The summed E-state index contributed by atoms with van der Waals surface area (Å²) in [6.07, 6.45) is 5.43. The van der Waals surface area contributed by atoms with Crippen LogP contribution < -0.4 is 4.74 Å². The number of carbonyl (C=O) groups excluding carboxylic acids is 1. The standard InChI is InChI=1S/C27H24N2O2/c1-20-8-10-23(11-9-20)27-24(19-29(28-27)18-21-6-4-3-5-7-21)14-17-26(30)22-12-15-25(31-2)16-13-22/h3-17,19H,18H2,1-2H3/b17-14+. The zero-order valence-corrected chi connectivity index (χ0v) is 17.7. The Morgan fingerprint density at radius 1 is 0.968 bits per heavy atom. The number of hydrogen-bond donors (Lipinski definition) is 0. The molecule has 4 rings (SSSR count). The first-order chi connectivity index (χ1) is 15.1. The molecule has 0 saturated heterocycles. The second kappa shape index (κ2) is 9.26. The third-order valence-electron chi connectivity index (χ3n) is 5.09. The van der Waals surface area contributed by atoms with Crippen LogP contribution in [0.4, 0.5) is 0 Å². The highest BCUT2D eigenvalue weighted by Crippen LogP contribution is 2.24. The lowest BCUT2D eigenvalue weighted by molar-refractivity contribution is 0.104. The Balaban J connectivity index is 1.64. The van der Waals surface area contributed by atoms with Gasteiger partial charge < -0.3 is 4.74 Å². The Morgan fingerprint density at radius 2 is 1.68 bits per heavy atom. The highest BCUT2D eigenvalue weighted by atomic mass is 16.5. The summed E-state index contributed by atoms with van der Waals surface area (Å²) in [4.78, 5) is 12.7. The van der Waals surface area contributed by atoms with E-state index in [1.807, 2.05) is 35.2 Å². The molecule has 31 heavy (non-hydrogen) atoms. The maximum Gasteiger partial charge on any atom is 0.185 e. The lowest BCUT2D eigenvalue weighted by Gasteiger charge is -2.02. The first-order valence-corrected chi connectivity index (χ1v) is 10.2. The molecule has 154 valence electrons. The van der Waals surface area contributed by atoms with Crippen molar-refractivity contribution in [2.24, 2.45) is 0 Å². The number of hydrogen-bond acceptors (Lipinski definition) is 3. The van der Waals surface area contributed by atoms with Crippen molar-refractivity contribution in [3.63, 3.8) is 0 Å². The van der Waals surface area contributed by atoms with Gasteiger partial charge in [0.15, 0.2) is 5.78 Å². The number of carbonyl (C=O) groups is 1. The second-order valence-corrected chi connectivity index (χ2v) is 7.41. The minimum Gasteiger partial charge on any atom is -0.497 e. The number of nitrogens with zero attached hydrogens (tertiary/aromatic N) is 2. The highest BCUT2D eigenvalue weighted by Gasteiger charge is 2.11. The fourth-order valence-corrected chi connectivity index (χ4v) is 3.36. The molecule has 0 aliphatic heterocycles. The van der Waals surface area contributed by atoms with Crippen LogP contribution in [0.5, 0.6) is 5.75 Å². The average Bonchev–Trinajstić information content (AvgIpc) is 3.21. The van der Waals surface area contributed by atoms with Gasteiger partial charge in [-0.3, -0.25) is 9.48 Å². The van der Waals surface area contributed by atoms with E-state index in [0.29, 0.717) is 12.1 Å².